The average molecular weight is 198 g/mol. The van der Waals surface area contributed by atoms with Crippen molar-refractivity contribution in [1.29, 1.82) is 0 Å². The Morgan fingerprint density at radius 1 is 1.07 bits per heavy atom. The van der Waals surface area contributed by atoms with E-state index in [2.05, 4.69) is 4.98 Å². The predicted octanol–water partition coefficient (Wildman–Crippen LogP) is 2.44. The zero-order valence-electron chi connectivity index (χ0n) is 8.72. The Hall–Kier alpha value is -1.67. The molecule has 0 saturated heterocycles. The van der Waals surface area contributed by atoms with E-state index in [1.54, 1.807) is 6.20 Å². The first-order valence-corrected chi connectivity index (χ1v) is 5.01. The lowest BCUT2D eigenvalue weighted by Crippen LogP contribution is -2.14. The lowest BCUT2D eigenvalue weighted by molar-refractivity contribution is 0.818. The molecule has 0 spiro atoms. The van der Waals surface area contributed by atoms with Crippen molar-refractivity contribution in [3.63, 3.8) is 0 Å². The van der Waals surface area contributed by atoms with Gasteiger partial charge in [-0.15, -0.1) is 0 Å². The van der Waals surface area contributed by atoms with Crippen molar-refractivity contribution in [1.82, 2.24) is 4.98 Å². The van der Waals surface area contributed by atoms with Gasteiger partial charge in [0.1, 0.15) is 0 Å². The van der Waals surface area contributed by atoms with Crippen LogP contribution in [0.4, 0.5) is 0 Å². The van der Waals surface area contributed by atoms with Crippen molar-refractivity contribution in [2.75, 3.05) is 0 Å². The molecule has 0 radical (unpaired) electrons. The molecule has 0 saturated carbocycles. The van der Waals surface area contributed by atoms with Crippen molar-refractivity contribution in [3.05, 3.63) is 65.5 Å². The smallest absolute Gasteiger partial charge is 0.0729 e. The lowest BCUT2D eigenvalue weighted by atomic mass is 10.0. The van der Waals surface area contributed by atoms with E-state index >= 15 is 0 Å². The molecule has 15 heavy (non-hydrogen) atoms. The monoisotopic (exact) mass is 198 g/mol. The van der Waals surface area contributed by atoms with Crippen LogP contribution in [-0.4, -0.2) is 4.98 Å². The number of benzene rings is 1. The van der Waals surface area contributed by atoms with Gasteiger partial charge in [-0.2, -0.15) is 0 Å². The molecular weight excluding hydrogens is 184 g/mol. The zero-order valence-corrected chi connectivity index (χ0v) is 8.72. The summed E-state index contributed by atoms with van der Waals surface area (Å²) in [5.41, 5.74) is 9.33. The molecule has 0 aliphatic rings. The molecule has 2 heteroatoms. The first-order chi connectivity index (χ1) is 7.29. The summed E-state index contributed by atoms with van der Waals surface area (Å²) in [4.78, 5) is 4.33. The van der Waals surface area contributed by atoms with Gasteiger partial charge in [0.25, 0.3) is 0 Å². The number of hydrogen-bond donors (Lipinski definition) is 1. The molecule has 1 atom stereocenters. The Labute approximate surface area is 89.8 Å². The van der Waals surface area contributed by atoms with E-state index in [9.17, 15) is 0 Å². The van der Waals surface area contributed by atoms with E-state index in [-0.39, 0.29) is 6.04 Å². The minimum Gasteiger partial charge on any atom is -0.319 e. The molecule has 2 N–H and O–H groups in total. The van der Waals surface area contributed by atoms with Crippen molar-refractivity contribution >= 4 is 0 Å². The van der Waals surface area contributed by atoms with Gasteiger partial charge in [0.2, 0.25) is 0 Å². The molecule has 0 bridgehead atoms. The van der Waals surface area contributed by atoms with Gasteiger partial charge < -0.3 is 5.73 Å². The van der Waals surface area contributed by atoms with Gasteiger partial charge in [-0.25, -0.2) is 0 Å². The topological polar surface area (TPSA) is 38.9 Å². The Kier molecular flexibility index (Phi) is 2.79. The SMILES string of the molecule is Cc1cccnc1C(N)c1ccccc1. The standard InChI is InChI=1S/C13H14N2/c1-10-6-5-9-15-13(10)12(14)11-7-3-2-4-8-11/h2-9,12H,14H2,1H3. The maximum absolute atomic E-state index is 6.15. The van der Waals surface area contributed by atoms with Crippen molar-refractivity contribution in [3.8, 4) is 0 Å². The third-order valence-electron chi connectivity index (χ3n) is 2.50. The van der Waals surface area contributed by atoms with Crippen LogP contribution in [-0.2, 0) is 0 Å². The number of aromatic nitrogens is 1. The highest BCUT2D eigenvalue weighted by atomic mass is 14.8. The van der Waals surface area contributed by atoms with E-state index < -0.39 is 0 Å². The lowest BCUT2D eigenvalue weighted by Gasteiger charge is -2.13. The van der Waals surface area contributed by atoms with Gasteiger partial charge in [0, 0.05) is 6.20 Å². The van der Waals surface area contributed by atoms with Gasteiger partial charge >= 0.3 is 0 Å². The summed E-state index contributed by atoms with van der Waals surface area (Å²) in [5, 5.41) is 0. The molecule has 1 aromatic heterocycles. The van der Waals surface area contributed by atoms with Crippen LogP contribution < -0.4 is 5.73 Å². The molecule has 2 aromatic rings. The molecule has 1 aromatic carbocycles. The van der Waals surface area contributed by atoms with Crippen LogP contribution in [0.1, 0.15) is 22.9 Å². The fourth-order valence-corrected chi connectivity index (χ4v) is 1.64. The minimum absolute atomic E-state index is 0.132. The normalized spacial score (nSPS) is 12.4. The van der Waals surface area contributed by atoms with Gasteiger partial charge in [-0.3, -0.25) is 4.98 Å². The first-order valence-electron chi connectivity index (χ1n) is 5.01. The van der Waals surface area contributed by atoms with E-state index in [0.29, 0.717) is 0 Å². The number of aryl methyl sites for hydroxylation is 1. The van der Waals surface area contributed by atoms with Crippen LogP contribution in [0.25, 0.3) is 0 Å². The van der Waals surface area contributed by atoms with Crippen LogP contribution in [0.2, 0.25) is 0 Å². The minimum atomic E-state index is -0.132. The Balaban J connectivity index is 2.37. The van der Waals surface area contributed by atoms with E-state index in [0.717, 1.165) is 16.8 Å². The van der Waals surface area contributed by atoms with Crippen LogP contribution in [0.5, 0.6) is 0 Å². The summed E-state index contributed by atoms with van der Waals surface area (Å²) in [5.74, 6) is 0. The summed E-state index contributed by atoms with van der Waals surface area (Å²) in [6.45, 7) is 2.03. The van der Waals surface area contributed by atoms with Gasteiger partial charge in [0.05, 0.1) is 11.7 Å². The molecule has 1 heterocycles. The molecule has 2 rings (SSSR count). The number of nitrogens with two attached hydrogens (primary N) is 1. The van der Waals surface area contributed by atoms with Crippen molar-refractivity contribution in [2.24, 2.45) is 5.73 Å². The summed E-state index contributed by atoms with van der Waals surface area (Å²) >= 11 is 0. The maximum Gasteiger partial charge on any atom is 0.0729 e. The summed E-state index contributed by atoms with van der Waals surface area (Å²) in [6, 6.07) is 13.9. The second-order valence-electron chi connectivity index (χ2n) is 3.59. The quantitative estimate of drug-likeness (QED) is 0.805. The highest BCUT2D eigenvalue weighted by Gasteiger charge is 2.11. The summed E-state index contributed by atoms with van der Waals surface area (Å²) in [7, 11) is 0. The molecule has 1 unspecified atom stereocenters. The molecule has 0 amide bonds. The number of rotatable bonds is 2. The Morgan fingerprint density at radius 3 is 2.47 bits per heavy atom. The second-order valence-corrected chi connectivity index (χ2v) is 3.59. The van der Waals surface area contributed by atoms with Crippen molar-refractivity contribution in [2.45, 2.75) is 13.0 Å². The van der Waals surface area contributed by atoms with Crippen LogP contribution in [0, 0.1) is 6.92 Å². The Bertz CT molecular complexity index is 437. The predicted molar refractivity (Wildman–Crippen MR) is 61.4 cm³/mol. The number of nitrogens with zero attached hydrogens (tertiary/aromatic N) is 1. The van der Waals surface area contributed by atoms with Gasteiger partial charge in [0.15, 0.2) is 0 Å². The number of pyridine rings is 1. The maximum atomic E-state index is 6.15. The summed E-state index contributed by atoms with van der Waals surface area (Å²) < 4.78 is 0. The molecule has 0 aliphatic heterocycles. The average Bonchev–Trinajstić information content (AvgIpc) is 2.30. The van der Waals surface area contributed by atoms with Gasteiger partial charge in [-0.05, 0) is 24.1 Å². The first kappa shape index (κ1) is 9.87. The third-order valence-corrected chi connectivity index (χ3v) is 2.50. The fourth-order valence-electron chi connectivity index (χ4n) is 1.64. The Morgan fingerprint density at radius 2 is 1.80 bits per heavy atom. The van der Waals surface area contributed by atoms with Crippen LogP contribution in [0.3, 0.4) is 0 Å². The van der Waals surface area contributed by atoms with Crippen LogP contribution in [0.15, 0.2) is 48.7 Å². The van der Waals surface area contributed by atoms with Crippen LogP contribution >= 0.6 is 0 Å². The number of hydrogen-bond acceptors (Lipinski definition) is 2. The largest absolute Gasteiger partial charge is 0.319 e. The highest BCUT2D eigenvalue weighted by Crippen LogP contribution is 2.19. The molecule has 2 nitrogen and oxygen atoms in total. The molecule has 0 fully saturated rings. The molecular formula is C13H14N2. The third kappa shape index (κ3) is 2.05. The van der Waals surface area contributed by atoms with E-state index in [4.69, 9.17) is 5.73 Å². The van der Waals surface area contributed by atoms with E-state index in [1.165, 1.54) is 0 Å². The molecule has 76 valence electrons. The molecule has 0 aliphatic carbocycles. The summed E-state index contributed by atoms with van der Waals surface area (Å²) in [6.07, 6.45) is 1.78. The zero-order chi connectivity index (χ0) is 10.7. The second kappa shape index (κ2) is 4.24. The highest BCUT2D eigenvalue weighted by molar-refractivity contribution is 5.31. The van der Waals surface area contributed by atoms with Gasteiger partial charge in [-0.1, -0.05) is 36.4 Å². The van der Waals surface area contributed by atoms with Crippen molar-refractivity contribution < 1.29 is 0 Å². The fraction of sp³-hybridized carbons (Fsp3) is 0.154. The van der Waals surface area contributed by atoms with E-state index in [1.807, 2.05) is 49.4 Å².